The number of carboxylic acid groups (broad SMARTS) is 2. The van der Waals surface area contributed by atoms with E-state index < -0.39 is 46.5 Å². The molecule has 1 aliphatic carbocycles. The Morgan fingerprint density at radius 2 is 1.49 bits per heavy atom. The minimum Gasteiger partial charge on any atom is -0.480 e. The van der Waals surface area contributed by atoms with Crippen molar-refractivity contribution in [1.29, 1.82) is 0 Å². The number of carbonyl (C=O) groups excluding carboxylic acids is 2. The Labute approximate surface area is 228 Å². The Morgan fingerprint density at radius 3 is 1.95 bits per heavy atom. The topological polar surface area (TPSA) is 182 Å². The molecule has 0 saturated heterocycles. The van der Waals surface area contributed by atoms with E-state index in [-0.39, 0.29) is 28.6 Å². The average Bonchev–Trinajstić information content (AvgIpc) is 2.74. The van der Waals surface area contributed by atoms with Gasteiger partial charge in [0.25, 0.3) is 0 Å². The van der Waals surface area contributed by atoms with E-state index >= 15 is 0 Å². The zero-order chi connectivity index (χ0) is 28.6. The third-order valence-corrected chi connectivity index (χ3v) is 9.73. The second kappa shape index (κ2) is 14.2. The fraction of sp³-hybridized carbons (Fsp3) is 0.840. The third-order valence-electron chi connectivity index (χ3n) is 6.50. The van der Waals surface area contributed by atoms with Crippen LogP contribution in [0.4, 0.5) is 0 Å². The van der Waals surface area contributed by atoms with Gasteiger partial charge in [-0.25, -0.2) is 4.79 Å². The predicted molar refractivity (Wildman–Crippen MR) is 148 cm³/mol. The first-order valence-electron chi connectivity index (χ1n) is 12.6. The van der Waals surface area contributed by atoms with Crippen molar-refractivity contribution in [3.05, 3.63) is 0 Å². The standard InChI is InChI=1S/C25H45N3O7S2/c1-23(2,3)19(29)9-10-25(6,27)35-12-11-24(4,5)22(34)28-16(21(32)33)14-37-18-8-7-17(18)36-13-15(26)20(30)31/h15-18H,7-14,26-27H2,1-6H3,(H,28,34)(H,30,31)(H,32,33). The number of Topliss-reactive ketones (excluding diaryl/α,β-unsaturated/α-hetero) is 1. The molecule has 0 aromatic carbocycles. The van der Waals surface area contributed by atoms with Crippen LogP contribution >= 0.6 is 23.5 Å². The lowest BCUT2D eigenvalue weighted by molar-refractivity contribution is -0.143. The van der Waals surface area contributed by atoms with E-state index in [1.165, 1.54) is 23.5 Å². The van der Waals surface area contributed by atoms with E-state index in [0.29, 0.717) is 25.0 Å². The summed E-state index contributed by atoms with van der Waals surface area (Å²) in [6.07, 6.45) is 2.81. The Morgan fingerprint density at radius 1 is 0.946 bits per heavy atom. The van der Waals surface area contributed by atoms with Gasteiger partial charge < -0.3 is 31.7 Å². The highest BCUT2D eigenvalue weighted by atomic mass is 32.2. The van der Waals surface area contributed by atoms with E-state index in [0.717, 1.165) is 12.8 Å². The number of rotatable bonds is 17. The lowest BCUT2D eigenvalue weighted by Gasteiger charge is -2.36. The second-order valence-corrected chi connectivity index (χ2v) is 14.1. The largest absolute Gasteiger partial charge is 0.480 e. The minimum absolute atomic E-state index is 0.0979. The number of nitrogens with one attached hydrogen (secondary N) is 1. The molecule has 5 atom stereocenters. The van der Waals surface area contributed by atoms with Gasteiger partial charge in [-0.3, -0.25) is 14.4 Å². The number of thioether (sulfide) groups is 2. The summed E-state index contributed by atoms with van der Waals surface area (Å²) in [5.74, 6) is -1.92. The zero-order valence-corrected chi connectivity index (χ0v) is 24.5. The van der Waals surface area contributed by atoms with Gasteiger partial charge in [-0.2, -0.15) is 23.5 Å². The minimum atomic E-state index is -1.11. The summed E-state index contributed by atoms with van der Waals surface area (Å²) >= 11 is 2.98. The van der Waals surface area contributed by atoms with Crippen molar-refractivity contribution in [3.8, 4) is 0 Å². The van der Waals surface area contributed by atoms with Gasteiger partial charge in [-0.1, -0.05) is 34.6 Å². The highest BCUT2D eigenvalue weighted by molar-refractivity contribution is 8.04. The van der Waals surface area contributed by atoms with Crippen LogP contribution in [0.25, 0.3) is 0 Å². The summed E-state index contributed by atoms with van der Waals surface area (Å²) in [5.41, 5.74) is 9.41. The van der Waals surface area contributed by atoms with Gasteiger partial charge in [-0.05, 0) is 32.6 Å². The molecule has 7 N–H and O–H groups in total. The molecular weight excluding hydrogens is 518 g/mol. The Bertz CT molecular complexity index is 815. The third kappa shape index (κ3) is 11.9. The quantitative estimate of drug-likeness (QED) is 0.164. The molecule has 1 saturated carbocycles. The highest BCUT2D eigenvalue weighted by Gasteiger charge is 2.36. The Kier molecular flexibility index (Phi) is 12.9. The van der Waals surface area contributed by atoms with Crippen molar-refractivity contribution < 1.29 is 34.1 Å². The van der Waals surface area contributed by atoms with E-state index in [9.17, 15) is 24.3 Å². The lowest BCUT2D eigenvalue weighted by atomic mass is 9.87. The van der Waals surface area contributed by atoms with Crippen LogP contribution in [0.5, 0.6) is 0 Å². The van der Waals surface area contributed by atoms with Gasteiger partial charge in [0.1, 0.15) is 23.6 Å². The summed E-state index contributed by atoms with van der Waals surface area (Å²) in [5, 5.41) is 21.6. The highest BCUT2D eigenvalue weighted by Crippen LogP contribution is 2.40. The van der Waals surface area contributed by atoms with Crippen LogP contribution in [-0.2, 0) is 23.9 Å². The van der Waals surface area contributed by atoms with Gasteiger partial charge in [0.05, 0.1) is 0 Å². The van der Waals surface area contributed by atoms with Crippen LogP contribution in [0, 0.1) is 10.8 Å². The number of carbonyl (C=O) groups is 4. The molecule has 0 radical (unpaired) electrons. The number of amides is 1. The maximum absolute atomic E-state index is 12.9. The SMILES string of the molecule is CC(N)(CCC(=O)C(C)(C)C)OCCC(C)(C)C(=O)NC(CSC1CCC1SCC(N)C(=O)O)C(=O)O. The van der Waals surface area contributed by atoms with Crippen LogP contribution < -0.4 is 16.8 Å². The molecule has 0 aromatic heterocycles. The number of nitrogens with two attached hydrogens (primary N) is 2. The first-order valence-corrected chi connectivity index (χ1v) is 14.7. The molecule has 214 valence electrons. The Balaban J connectivity index is 2.51. The molecule has 0 spiro atoms. The van der Waals surface area contributed by atoms with Crippen molar-refractivity contribution in [2.45, 2.75) is 102 Å². The van der Waals surface area contributed by atoms with Crippen LogP contribution in [0.2, 0.25) is 0 Å². The van der Waals surface area contributed by atoms with E-state index in [4.69, 9.17) is 21.3 Å². The smallest absolute Gasteiger partial charge is 0.327 e. The first-order chi connectivity index (χ1) is 16.9. The lowest BCUT2D eigenvalue weighted by Crippen LogP contribution is -2.49. The second-order valence-electron chi connectivity index (χ2n) is 11.6. The molecule has 1 rings (SSSR count). The molecule has 0 aliphatic heterocycles. The summed E-state index contributed by atoms with van der Waals surface area (Å²) in [4.78, 5) is 47.8. The number of ether oxygens (including phenoxy) is 1. The monoisotopic (exact) mass is 563 g/mol. The van der Waals surface area contributed by atoms with Gasteiger partial charge in [0.2, 0.25) is 5.91 Å². The molecule has 5 unspecified atom stereocenters. The van der Waals surface area contributed by atoms with Crippen molar-refractivity contribution >= 4 is 47.2 Å². The zero-order valence-electron chi connectivity index (χ0n) is 22.9. The van der Waals surface area contributed by atoms with Crippen LogP contribution in [-0.4, -0.2) is 80.3 Å². The number of hydrogen-bond acceptors (Lipinski definition) is 9. The molecule has 12 heteroatoms. The molecule has 0 bridgehead atoms. The molecule has 1 aliphatic rings. The van der Waals surface area contributed by atoms with Crippen LogP contribution in [0.15, 0.2) is 0 Å². The molecule has 0 aromatic rings. The molecule has 1 fully saturated rings. The summed E-state index contributed by atoms with van der Waals surface area (Å²) in [6, 6.07) is -1.97. The summed E-state index contributed by atoms with van der Waals surface area (Å²) < 4.78 is 5.78. The van der Waals surface area contributed by atoms with Crippen molar-refractivity contribution in [1.82, 2.24) is 5.32 Å². The van der Waals surface area contributed by atoms with E-state index in [2.05, 4.69) is 5.32 Å². The molecular formula is C25H45N3O7S2. The van der Waals surface area contributed by atoms with Crippen LogP contribution in [0.1, 0.15) is 73.6 Å². The Hall–Kier alpha value is -1.34. The fourth-order valence-electron chi connectivity index (χ4n) is 3.33. The maximum Gasteiger partial charge on any atom is 0.327 e. The number of ketones is 1. The van der Waals surface area contributed by atoms with Gasteiger partial charge >= 0.3 is 11.9 Å². The predicted octanol–water partition coefficient (Wildman–Crippen LogP) is 2.47. The summed E-state index contributed by atoms with van der Waals surface area (Å²) in [6.45, 7) is 10.9. The van der Waals surface area contributed by atoms with Crippen molar-refractivity contribution in [3.63, 3.8) is 0 Å². The molecule has 0 heterocycles. The van der Waals surface area contributed by atoms with Gasteiger partial charge in [0, 0.05) is 45.9 Å². The number of aliphatic carboxylic acids is 2. The maximum atomic E-state index is 12.9. The van der Waals surface area contributed by atoms with Crippen molar-refractivity contribution in [2.24, 2.45) is 22.3 Å². The normalized spacial score (nSPS) is 21.3. The van der Waals surface area contributed by atoms with Crippen LogP contribution in [0.3, 0.4) is 0 Å². The average molecular weight is 564 g/mol. The van der Waals surface area contributed by atoms with E-state index in [1.54, 1.807) is 20.8 Å². The van der Waals surface area contributed by atoms with Gasteiger partial charge in [-0.15, -0.1) is 0 Å². The van der Waals surface area contributed by atoms with Crippen molar-refractivity contribution in [2.75, 3.05) is 18.1 Å². The van der Waals surface area contributed by atoms with E-state index in [1.807, 2.05) is 20.8 Å². The first kappa shape index (κ1) is 33.7. The molecule has 10 nitrogen and oxygen atoms in total. The fourth-order valence-corrected chi connectivity index (χ4v) is 6.37. The summed E-state index contributed by atoms with van der Waals surface area (Å²) in [7, 11) is 0. The number of carboxylic acids is 2. The number of hydrogen-bond donors (Lipinski definition) is 5. The molecule has 37 heavy (non-hydrogen) atoms. The molecule has 1 amide bonds. The van der Waals surface area contributed by atoms with Gasteiger partial charge in [0.15, 0.2) is 0 Å².